The van der Waals surface area contributed by atoms with Gasteiger partial charge in [-0.1, -0.05) is 6.92 Å². The quantitative estimate of drug-likeness (QED) is 0.705. The normalized spacial score (nSPS) is 25.3. The summed E-state index contributed by atoms with van der Waals surface area (Å²) in [5.41, 5.74) is -0.561. The second-order valence-electron chi connectivity index (χ2n) is 4.94. The van der Waals surface area contributed by atoms with Crippen LogP contribution in [0.5, 0.6) is 0 Å². The van der Waals surface area contributed by atoms with Gasteiger partial charge in [0.25, 0.3) is 0 Å². The van der Waals surface area contributed by atoms with Gasteiger partial charge in [-0.05, 0) is 39.8 Å². The first-order valence-corrected chi connectivity index (χ1v) is 5.69. The number of hydrogen-bond acceptors (Lipinski definition) is 3. The number of nitrogens with one attached hydrogen (secondary N) is 1. The first-order valence-electron chi connectivity index (χ1n) is 5.69. The number of likely N-dealkylation sites (N-methyl/N-ethyl adjacent to an activating group) is 1. The third-order valence-corrected chi connectivity index (χ3v) is 2.61. The van der Waals surface area contributed by atoms with Gasteiger partial charge in [0, 0.05) is 19.1 Å². The molecule has 1 unspecified atom stereocenters. The summed E-state index contributed by atoms with van der Waals surface area (Å²) in [6.45, 7) is 9.95. The molecule has 2 N–H and O–H groups in total. The summed E-state index contributed by atoms with van der Waals surface area (Å²) in [5.74, 6) is 0. The molecule has 0 spiro atoms. The lowest BCUT2D eigenvalue weighted by atomic mass is 10.0. The summed E-state index contributed by atoms with van der Waals surface area (Å²) >= 11 is 0. The molecule has 1 aliphatic rings. The number of likely N-dealkylation sites (tertiary alicyclic amines) is 1. The van der Waals surface area contributed by atoms with Gasteiger partial charge in [0.2, 0.25) is 0 Å². The van der Waals surface area contributed by atoms with Gasteiger partial charge in [-0.25, -0.2) is 0 Å². The van der Waals surface area contributed by atoms with E-state index in [2.05, 4.69) is 17.1 Å². The van der Waals surface area contributed by atoms with E-state index in [4.69, 9.17) is 0 Å². The molecule has 0 bridgehead atoms. The Morgan fingerprint density at radius 2 is 2.21 bits per heavy atom. The van der Waals surface area contributed by atoms with Crippen LogP contribution in [0.2, 0.25) is 0 Å². The van der Waals surface area contributed by atoms with E-state index >= 15 is 0 Å². The van der Waals surface area contributed by atoms with Crippen LogP contribution < -0.4 is 5.32 Å². The molecule has 1 fully saturated rings. The Bertz CT molecular complexity index is 163. The summed E-state index contributed by atoms with van der Waals surface area (Å²) in [6.07, 6.45) is 2.52. The van der Waals surface area contributed by atoms with Gasteiger partial charge in [-0.2, -0.15) is 0 Å². The largest absolute Gasteiger partial charge is 0.389 e. The molecule has 14 heavy (non-hydrogen) atoms. The second-order valence-corrected chi connectivity index (χ2v) is 4.94. The Labute approximate surface area is 87.5 Å². The zero-order chi connectivity index (χ0) is 10.6. The van der Waals surface area contributed by atoms with E-state index in [0.29, 0.717) is 6.04 Å². The lowest BCUT2D eigenvalue weighted by Gasteiger charge is -2.36. The maximum absolute atomic E-state index is 9.72. The van der Waals surface area contributed by atoms with Gasteiger partial charge in [-0.3, -0.25) is 4.90 Å². The molecule has 0 aliphatic carbocycles. The number of rotatable bonds is 4. The summed E-state index contributed by atoms with van der Waals surface area (Å²) in [5, 5.41) is 13.2. The Kier molecular flexibility index (Phi) is 4.35. The van der Waals surface area contributed by atoms with Gasteiger partial charge in [0.1, 0.15) is 0 Å². The van der Waals surface area contributed by atoms with E-state index in [0.717, 1.165) is 26.2 Å². The minimum absolute atomic E-state index is 0.561. The minimum atomic E-state index is -0.561. The fourth-order valence-corrected chi connectivity index (χ4v) is 2.20. The van der Waals surface area contributed by atoms with E-state index in [-0.39, 0.29) is 0 Å². The average molecular weight is 200 g/mol. The van der Waals surface area contributed by atoms with Crippen molar-refractivity contribution in [3.05, 3.63) is 0 Å². The van der Waals surface area contributed by atoms with Crippen LogP contribution in [0.3, 0.4) is 0 Å². The van der Waals surface area contributed by atoms with Crippen molar-refractivity contribution in [1.82, 2.24) is 10.2 Å². The predicted octanol–water partition coefficient (Wildman–Crippen LogP) is 0.831. The van der Waals surface area contributed by atoms with Crippen LogP contribution >= 0.6 is 0 Å². The molecule has 0 aromatic rings. The first kappa shape index (κ1) is 12.0. The van der Waals surface area contributed by atoms with Crippen LogP contribution in [-0.4, -0.2) is 47.8 Å². The molecule has 0 radical (unpaired) electrons. The third-order valence-electron chi connectivity index (χ3n) is 2.61. The molecule has 3 heteroatoms. The Morgan fingerprint density at radius 3 is 2.79 bits per heavy atom. The summed E-state index contributed by atoms with van der Waals surface area (Å²) in [7, 11) is 0. The fraction of sp³-hybridized carbons (Fsp3) is 1.00. The van der Waals surface area contributed by atoms with Crippen molar-refractivity contribution in [3.8, 4) is 0 Å². The van der Waals surface area contributed by atoms with Crippen molar-refractivity contribution in [2.24, 2.45) is 0 Å². The van der Waals surface area contributed by atoms with Crippen molar-refractivity contribution in [2.45, 2.75) is 45.3 Å². The molecule has 84 valence electrons. The highest BCUT2D eigenvalue weighted by Crippen LogP contribution is 2.13. The minimum Gasteiger partial charge on any atom is -0.389 e. The van der Waals surface area contributed by atoms with Gasteiger partial charge in [0.15, 0.2) is 0 Å². The van der Waals surface area contributed by atoms with Gasteiger partial charge in [0.05, 0.1) is 5.60 Å². The number of piperidine rings is 1. The summed E-state index contributed by atoms with van der Waals surface area (Å²) in [6, 6.07) is 0.621. The number of hydrogen-bond donors (Lipinski definition) is 2. The molecule has 0 saturated carbocycles. The standard InChI is InChI=1S/C11H24N2O/c1-4-12-10-6-5-7-13(8-10)9-11(2,3)14/h10,12,14H,4-9H2,1-3H3. The average Bonchev–Trinajstić information content (AvgIpc) is 2.02. The van der Waals surface area contributed by atoms with Gasteiger partial charge < -0.3 is 10.4 Å². The van der Waals surface area contributed by atoms with E-state index in [9.17, 15) is 5.11 Å². The highest BCUT2D eigenvalue weighted by Gasteiger charge is 2.23. The van der Waals surface area contributed by atoms with E-state index in [1.165, 1.54) is 12.8 Å². The molecule has 1 aliphatic heterocycles. The van der Waals surface area contributed by atoms with Gasteiger partial charge >= 0.3 is 0 Å². The molecule has 1 saturated heterocycles. The van der Waals surface area contributed by atoms with Crippen molar-refractivity contribution in [2.75, 3.05) is 26.2 Å². The van der Waals surface area contributed by atoms with E-state index in [1.807, 2.05) is 13.8 Å². The zero-order valence-electron chi connectivity index (χ0n) is 9.71. The topological polar surface area (TPSA) is 35.5 Å². The highest BCUT2D eigenvalue weighted by molar-refractivity contribution is 4.81. The van der Waals surface area contributed by atoms with Crippen LogP contribution in [0.15, 0.2) is 0 Å². The van der Waals surface area contributed by atoms with Crippen LogP contribution in [0.4, 0.5) is 0 Å². The van der Waals surface area contributed by atoms with Crippen LogP contribution in [0, 0.1) is 0 Å². The van der Waals surface area contributed by atoms with Crippen LogP contribution in [-0.2, 0) is 0 Å². The number of aliphatic hydroxyl groups is 1. The molecule has 1 rings (SSSR count). The van der Waals surface area contributed by atoms with E-state index < -0.39 is 5.60 Å². The number of β-amino-alcohol motifs (C(OH)–C–C–N with tert-alkyl or cyclic N) is 1. The molecule has 1 heterocycles. The second kappa shape index (κ2) is 5.10. The maximum Gasteiger partial charge on any atom is 0.0718 e. The lowest BCUT2D eigenvalue weighted by molar-refractivity contribution is 0.0255. The highest BCUT2D eigenvalue weighted by atomic mass is 16.3. The van der Waals surface area contributed by atoms with Crippen molar-refractivity contribution >= 4 is 0 Å². The van der Waals surface area contributed by atoms with Crippen molar-refractivity contribution in [3.63, 3.8) is 0 Å². The Hall–Kier alpha value is -0.120. The Balaban J connectivity index is 2.32. The Morgan fingerprint density at radius 1 is 1.50 bits per heavy atom. The first-order chi connectivity index (χ1) is 6.51. The molecular weight excluding hydrogens is 176 g/mol. The van der Waals surface area contributed by atoms with Gasteiger partial charge in [-0.15, -0.1) is 0 Å². The molecular formula is C11H24N2O. The SMILES string of the molecule is CCNC1CCCN(CC(C)(C)O)C1. The molecule has 3 nitrogen and oxygen atoms in total. The molecule has 0 aromatic carbocycles. The van der Waals surface area contributed by atoms with Crippen molar-refractivity contribution < 1.29 is 5.11 Å². The van der Waals surface area contributed by atoms with Crippen molar-refractivity contribution in [1.29, 1.82) is 0 Å². The fourth-order valence-electron chi connectivity index (χ4n) is 2.20. The molecule has 0 aromatic heterocycles. The molecule has 0 amide bonds. The van der Waals surface area contributed by atoms with E-state index in [1.54, 1.807) is 0 Å². The zero-order valence-corrected chi connectivity index (χ0v) is 9.71. The molecule has 1 atom stereocenters. The van der Waals surface area contributed by atoms with Crippen LogP contribution in [0.25, 0.3) is 0 Å². The monoisotopic (exact) mass is 200 g/mol. The smallest absolute Gasteiger partial charge is 0.0718 e. The third kappa shape index (κ3) is 4.40. The summed E-state index contributed by atoms with van der Waals surface area (Å²) in [4.78, 5) is 2.36. The predicted molar refractivity (Wildman–Crippen MR) is 59.4 cm³/mol. The van der Waals surface area contributed by atoms with Crippen LogP contribution in [0.1, 0.15) is 33.6 Å². The maximum atomic E-state index is 9.72. The number of nitrogens with zero attached hydrogens (tertiary/aromatic N) is 1. The lowest BCUT2D eigenvalue weighted by Crippen LogP contribution is -2.49. The summed E-state index contributed by atoms with van der Waals surface area (Å²) < 4.78 is 0.